The summed E-state index contributed by atoms with van der Waals surface area (Å²) in [4.78, 5) is 0. The Morgan fingerprint density at radius 2 is 1.94 bits per heavy atom. The van der Waals surface area contributed by atoms with Crippen LogP contribution in [0.2, 0.25) is 10.0 Å². The Hall–Kier alpha value is -1.06. The molecule has 0 spiro atoms. The van der Waals surface area contributed by atoms with Crippen LogP contribution in [-0.2, 0) is 6.42 Å². The summed E-state index contributed by atoms with van der Waals surface area (Å²) in [6, 6.07) is 5.67. The van der Waals surface area contributed by atoms with E-state index in [0.29, 0.717) is 16.0 Å². The molecule has 0 aliphatic heterocycles. The normalized spacial score (nSPS) is 12.6. The molecule has 2 aromatic rings. The van der Waals surface area contributed by atoms with E-state index in [1.807, 2.05) is 12.1 Å². The highest BCUT2D eigenvalue weighted by Crippen LogP contribution is 2.28. The van der Waals surface area contributed by atoms with Gasteiger partial charge in [0.2, 0.25) is 0 Å². The zero-order chi connectivity index (χ0) is 12.3. The summed E-state index contributed by atoms with van der Waals surface area (Å²) in [6.07, 6.45) is 3.59. The van der Waals surface area contributed by atoms with Crippen LogP contribution in [0.1, 0.15) is 30.5 Å². The van der Waals surface area contributed by atoms with Crippen LogP contribution in [-0.4, -0.2) is 15.4 Å². The fourth-order valence-corrected chi connectivity index (χ4v) is 2.43. The van der Waals surface area contributed by atoms with E-state index in [2.05, 4.69) is 22.3 Å². The number of H-pyrrole nitrogens is 1. The molecule has 1 unspecified atom stereocenters. The molecule has 17 heavy (non-hydrogen) atoms. The lowest BCUT2D eigenvalue weighted by atomic mass is 9.92. The lowest BCUT2D eigenvalue weighted by molar-refractivity contribution is 0.648. The number of rotatable bonds is 4. The second-order valence-electron chi connectivity index (χ2n) is 3.97. The van der Waals surface area contributed by atoms with Crippen LogP contribution in [0.15, 0.2) is 24.4 Å². The number of aromatic amines is 1. The molecule has 5 heteroatoms. The first-order valence-corrected chi connectivity index (χ1v) is 6.25. The minimum Gasteiger partial charge on any atom is -0.198 e. The third-order valence-electron chi connectivity index (χ3n) is 2.77. The number of aromatic nitrogens is 3. The standard InChI is InChI=1S/C12H13Cl2N3/c1-2-8(5-12-7-15-17-16-12)9-3-10(13)6-11(14)4-9/h3-4,6-8H,2,5H2,1H3,(H,15,16,17). The minimum absolute atomic E-state index is 0.358. The number of nitrogens with one attached hydrogen (secondary N) is 1. The quantitative estimate of drug-likeness (QED) is 0.916. The fraction of sp³-hybridized carbons (Fsp3) is 0.333. The smallest absolute Gasteiger partial charge is 0.0830 e. The Kier molecular flexibility index (Phi) is 4.02. The van der Waals surface area contributed by atoms with Crippen molar-refractivity contribution in [3.8, 4) is 0 Å². The molecule has 0 saturated carbocycles. The fourth-order valence-electron chi connectivity index (χ4n) is 1.88. The van der Waals surface area contributed by atoms with Crippen molar-refractivity contribution in [1.29, 1.82) is 0 Å². The number of nitrogens with zero attached hydrogens (tertiary/aromatic N) is 2. The molecule has 0 bridgehead atoms. The van der Waals surface area contributed by atoms with Crippen molar-refractivity contribution < 1.29 is 0 Å². The average molecular weight is 270 g/mol. The SMILES string of the molecule is CCC(Cc1cn[nH]n1)c1cc(Cl)cc(Cl)c1. The summed E-state index contributed by atoms with van der Waals surface area (Å²) < 4.78 is 0. The Balaban J connectivity index is 2.22. The van der Waals surface area contributed by atoms with Gasteiger partial charge in [-0.1, -0.05) is 30.1 Å². The summed E-state index contributed by atoms with van der Waals surface area (Å²) in [5, 5.41) is 11.8. The van der Waals surface area contributed by atoms with Crippen molar-refractivity contribution in [2.24, 2.45) is 0 Å². The third kappa shape index (κ3) is 3.20. The molecule has 2 rings (SSSR count). The van der Waals surface area contributed by atoms with E-state index >= 15 is 0 Å². The van der Waals surface area contributed by atoms with Crippen LogP contribution >= 0.6 is 23.2 Å². The van der Waals surface area contributed by atoms with Crippen LogP contribution < -0.4 is 0 Å². The molecule has 90 valence electrons. The highest BCUT2D eigenvalue weighted by molar-refractivity contribution is 6.34. The van der Waals surface area contributed by atoms with Crippen molar-refractivity contribution in [2.45, 2.75) is 25.7 Å². The highest BCUT2D eigenvalue weighted by atomic mass is 35.5. The topological polar surface area (TPSA) is 41.6 Å². The maximum Gasteiger partial charge on any atom is 0.0830 e. The summed E-state index contributed by atoms with van der Waals surface area (Å²) in [5.41, 5.74) is 2.10. The van der Waals surface area contributed by atoms with E-state index in [9.17, 15) is 0 Å². The maximum atomic E-state index is 6.01. The number of hydrogen-bond acceptors (Lipinski definition) is 2. The van der Waals surface area contributed by atoms with Crippen LogP contribution in [0.5, 0.6) is 0 Å². The first-order chi connectivity index (χ1) is 8.19. The Bertz CT molecular complexity index is 462. The van der Waals surface area contributed by atoms with Gasteiger partial charge in [0.05, 0.1) is 11.9 Å². The molecule has 1 N–H and O–H groups in total. The molecular weight excluding hydrogens is 257 g/mol. The van der Waals surface area contributed by atoms with E-state index in [0.717, 1.165) is 24.1 Å². The van der Waals surface area contributed by atoms with Gasteiger partial charge in [-0.15, -0.1) is 0 Å². The zero-order valence-corrected chi connectivity index (χ0v) is 11.0. The van der Waals surface area contributed by atoms with Gasteiger partial charge in [-0.05, 0) is 42.5 Å². The summed E-state index contributed by atoms with van der Waals surface area (Å²) in [6.45, 7) is 2.14. The molecule has 0 aliphatic carbocycles. The first kappa shape index (κ1) is 12.4. The summed E-state index contributed by atoms with van der Waals surface area (Å²) in [7, 11) is 0. The Morgan fingerprint density at radius 3 is 2.47 bits per heavy atom. The second-order valence-corrected chi connectivity index (χ2v) is 4.85. The number of halogens is 2. The monoisotopic (exact) mass is 269 g/mol. The molecule has 0 amide bonds. The molecule has 1 heterocycles. The molecule has 1 atom stereocenters. The molecule has 0 fully saturated rings. The van der Waals surface area contributed by atoms with Crippen LogP contribution in [0, 0.1) is 0 Å². The predicted molar refractivity (Wildman–Crippen MR) is 69.6 cm³/mol. The lowest BCUT2D eigenvalue weighted by Gasteiger charge is -2.14. The van der Waals surface area contributed by atoms with Crippen molar-refractivity contribution in [2.75, 3.05) is 0 Å². The van der Waals surface area contributed by atoms with Gasteiger partial charge >= 0.3 is 0 Å². The van der Waals surface area contributed by atoms with E-state index in [4.69, 9.17) is 23.2 Å². The van der Waals surface area contributed by atoms with E-state index in [1.165, 1.54) is 0 Å². The van der Waals surface area contributed by atoms with Gasteiger partial charge in [-0.25, -0.2) is 0 Å². The van der Waals surface area contributed by atoms with Crippen LogP contribution in [0.4, 0.5) is 0 Å². The minimum atomic E-state index is 0.358. The van der Waals surface area contributed by atoms with Gasteiger partial charge in [0.25, 0.3) is 0 Å². The van der Waals surface area contributed by atoms with Crippen LogP contribution in [0.25, 0.3) is 0 Å². The molecule has 1 aromatic carbocycles. The largest absolute Gasteiger partial charge is 0.198 e. The summed E-state index contributed by atoms with van der Waals surface area (Å²) in [5.74, 6) is 0.358. The molecular formula is C12H13Cl2N3. The van der Waals surface area contributed by atoms with Crippen molar-refractivity contribution in [1.82, 2.24) is 15.4 Å². The average Bonchev–Trinajstić information content (AvgIpc) is 2.77. The maximum absolute atomic E-state index is 6.01. The molecule has 3 nitrogen and oxygen atoms in total. The second kappa shape index (κ2) is 5.52. The first-order valence-electron chi connectivity index (χ1n) is 5.49. The van der Waals surface area contributed by atoms with E-state index in [-0.39, 0.29) is 0 Å². The van der Waals surface area contributed by atoms with Gasteiger partial charge in [-0.3, -0.25) is 0 Å². The predicted octanol–water partition coefficient (Wildman–Crippen LogP) is 3.85. The number of benzene rings is 1. The van der Waals surface area contributed by atoms with Gasteiger partial charge in [0.1, 0.15) is 0 Å². The Labute approximate surface area is 110 Å². The lowest BCUT2D eigenvalue weighted by Crippen LogP contribution is -2.02. The van der Waals surface area contributed by atoms with Crippen molar-refractivity contribution in [3.05, 3.63) is 45.7 Å². The zero-order valence-electron chi connectivity index (χ0n) is 9.45. The van der Waals surface area contributed by atoms with Crippen molar-refractivity contribution >= 4 is 23.2 Å². The Morgan fingerprint density at radius 1 is 1.24 bits per heavy atom. The molecule has 0 radical (unpaired) electrons. The molecule has 0 aliphatic rings. The molecule has 1 aromatic heterocycles. The van der Waals surface area contributed by atoms with Gasteiger partial charge in [0.15, 0.2) is 0 Å². The highest BCUT2D eigenvalue weighted by Gasteiger charge is 2.13. The van der Waals surface area contributed by atoms with Crippen LogP contribution in [0.3, 0.4) is 0 Å². The van der Waals surface area contributed by atoms with E-state index in [1.54, 1.807) is 12.3 Å². The summed E-state index contributed by atoms with van der Waals surface area (Å²) >= 11 is 12.0. The number of hydrogen-bond donors (Lipinski definition) is 1. The third-order valence-corrected chi connectivity index (χ3v) is 3.21. The van der Waals surface area contributed by atoms with E-state index < -0.39 is 0 Å². The van der Waals surface area contributed by atoms with Gasteiger partial charge in [-0.2, -0.15) is 15.4 Å². The van der Waals surface area contributed by atoms with Crippen molar-refractivity contribution in [3.63, 3.8) is 0 Å². The van der Waals surface area contributed by atoms with Gasteiger partial charge < -0.3 is 0 Å². The van der Waals surface area contributed by atoms with Gasteiger partial charge in [0, 0.05) is 10.0 Å². The molecule has 0 saturated heterocycles.